The van der Waals surface area contributed by atoms with Crippen LogP contribution in [0.5, 0.6) is 11.5 Å². The summed E-state index contributed by atoms with van der Waals surface area (Å²) in [6, 6.07) is 21.1. The fourth-order valence-corrected chi connectivity index (χ4v) is 4.63. The zero-order valence-electron chi connectivity index (χ0n) is 20.2. The zero-order valence-corrected chi connectivity index (χ0v) is 20.2. The molecule has 37 heavy (non-hydrogen) atoms. The molecule has 8 nitrogen and oxygen atoms in total. The molecule has 1 aliphatic rings. The van der Waals surface area contributed by atoms with Crippen molar-refractivity contribution in [2.24, 2.45) is 0 Å². The van der Waals surface area contributed by atoms with Gasteiger partial charge in [-0.2, -0.15) is 5.10 Å². The second-order valence-corrected chi connectivity index (χ2v) is 9.13. The number of aromatic amines is 1. The van der Waals surface area contributed by atoms with E-state index in [0.29, 0.717) is 17.1 Å². The number of hydrogen-bond acceptors (Lipinski definition) is 6. The number of pyridine rings is 2. The molecular weight excluding hydrogens is 464 g/mol. The van der Waals surface area contributed by atoms with Crippen LogP contribution in [0.15, 0.2) is 85.3 Å². The van der Waals surface area contributed by atoms with Crippen molar-refractivity contribution in [3.63, 3.8) is 0 Å². The number of aromatic nitrogens is 4. The van der Waals surface area contributed by atoms with Crippen LogP contribution in [0.4, 0.5) is 5.69 Å². The predicted molar refractivity (Wildman–Crippen MR) is 143 cm³/mol. The first-order chi connectivity index (χ1) is 18.2. The van der Waals surface area contributed by atoms with Gasteiger partial charge < -0.3 is 10.1 Å². The standard InChI is InChI=1S/C29H26N6O2/c36-29(32-22-10-11-31-23(16-22)19-35-12-4-5-13-35)28-26-15-20(8-9-27(26)33-34-28)21-14-25(18-30-17-21)37-24-6-2-1-3-7-24/h1-3,6-11,14-18H,4-5,12-13,19H2,(H,33,34)(H,31,32,36). The SMILES string of the molecule is O=C(Nc1ccnc(CN2CCCC2)c1)c1n[nH]c2ccc(-c3cncc(Oc4ccccc4)c3)cc12. The molecule has 1 amide bonds. The van der Waals surface area contributed by atoms with E-state index in [2.05, 4.69) is 30.4 Å². The lowest BCUT2D eigenvalue weighted by molar-refractivity contribution is 0.102. The van der Waals surface area contributed by atoms with Crippen LogP contribution in [0.2, 0.25) is 0 Å². The van der Waals surface area contributed by atoms with E-state index in [1.165, 1.54) is 12.8 Å². The smallest absolute Gasteiger partial charge is 0.276 e. The molecule has 6 rings (SSSR count). The van der Waals surface area contributed by atoms with Gasteiger partial charge in [-0.1, -0.05) is 24.3 Å². The van der Waals surface area contributed by atoms with Crippen LogP contribution < -0.4 is 10.1 Å². The van der Waals surface area contributed by atoms with Crippen molar-refractivity contribution < 1.29 is 9.53 Å². The maximum Gasteiger partial charge on any atom is 0.276 e. The summed E-state index contributed by atoms with van der Waals surface area (Å²) in [7, 11) is 0. The molecule has 1 saturated heterocycles. The Morgan fingerprint density at radius 3 is 2.68 bits per heavy atom. The monoisotopic (exact) mass is 490 g/mol. The molecule has 0 bridgehead atoms. The molecule has 8 heteroatoms. The highest BCUT2D eigenvalue weighted by Gasteiger charge is 2.17. The van der Waals surface area contributed by atoms with Gasteiger partial charge >= 0.3 is 0 Å². The van der Waals surface area contributed by atoms with Gasteiger partial charge in [-0.15, -0.1) is 0 Å². The second-order valence-electron chi connectivity index (χ2n) is 9.13. The number of likely N-dealkylation sites (tertiary alicyclic amines) is 1. The summed E-state index contributed by atoms with van der Waals surface area (Å²) in [6.07, 6.45) is 7.64. The molecule has 2 aromatic carbocycles. The number of amides is 1. The third-order valence-electron chi connectivity index (χ3n) is 6.46. The lowest BCUT2D eigenvalue weighted by atomic mass is 10.0. The van der Waals surface area contributed by atoms with Gasteiger partial charge in [0.2, 0.25) is 0 Å². The minimum atomic E-state index is -0.277. The maximum atomic E-state index is 13.2. The third kappa shape index (κ3) is 5.19. The van der Waals surface area contributed by atoms with Crippen LogP contribution in [0.1, 0.15) is 29.0 Å². The zero-order chi connectivity index (χ0) is 25.0. The molecule has 4 heterocycles. The van der Waals surface area contributed by atoms with E-state index in [9.17, 15) is 4.79 Å². The van der Waals surface area contributed by atoms with E-state index < -0.39 is 0 Å². The molecule has 184 valence electrons. The molecule has 0 unspecified atom stereocenters. The highest BCUT2D eigenvalue weighted by molar-refractivity contribution is 6.11. The topological polar surface area (TPSA) is 96.0 Å². The molecule has 2 N–H and O–H groups in total. The van der Waals surface area contributed by atoms with Crippen molar-refractivity contribution in [2.45, 2.75) is 19.4 Å². The van der Waals surface area contributed by atoms with Crippen LogP contribution in [-0.2, 0) is 6.54 Å². The molecule has 1 aliphatic heterocycles. The summed E-state index contributed by atoms with van der Waals surface area (Å²) in [4.78, 5) is 24.4. The number of benzene rings is 2. The number of carbonyl (C=O) groups excluding carboxylic acids is 1. The molecule has 0 spiro atoms. The Balaban J connectivity index is 1.23. The number of para-hydroxylation sites is 1. The molecule has 5 aromatic rings. The molecule has 1 fully saturated rings. The predicted octanol–water partition coefficient (Wildman–Crippen LogP) is 5.66. The van der Waals surface area contributed by atoms with Gasteiger partial charge in [0.25, 0.3) is 5.91 Å². The highest BCUT2D eigenvalue weighted by atomic mass is 16.5. The molecule has 3 aromatic heterocycles. The Morgan fingerprint density at radius 2 is 1.81 bits per heavy atom. The number of rotatable bonds is 7. The van der Waals surface area contributed by atoms with E-state index in [1.807, 2.05) is 60.7 Å². The molecule has 0 saturated carbocycles. The van der Waals surface area contributed by atoms with Gasteiger partial charge in [0.1, 0.15) is 11.5 Å². The van der Waals surface area contributed by atoms with Crippen LogP contribution in [0.3, 0.4) is 0 Å². The number of fused-ring (bicyclic) bond motifs is 1. The minimum absolute atomic E-state index is 0.277. The first-order valence-corrected chi connectivity index (χ1v) is 12.4. The van der Waals surface area contributed by atoms with E-state index in [4.69, 9.17) is 4.74 Å². The van der Waals surface area contributed by atoms with Gasteiger partial charge in [-0.05, 0) is 74.0 Å². The third-order valence-corrected chi connectivity index (χ3v) is 6.46. The van der Waals surface area contributed by atoms with Crippen LogP contribution in [0, 0.1) is 0 Å². The van der Waals surface area contributed by atoms with Crippen molar-refractivity contribution in [1.29, 1.82) is 0 Å². The summed E-state index contributed by atoms with van der Waals surface area (Å²) >= 11 is 0. The first-order valence-electron chi connectivity index (χ1n) is 12.4. The van der Waals surface area contributed by atoms with E-state index in [-0.39, 0.29) is 5.91 Å². The normalized spacial score (nSPS) is 13.6. The summed E-state index contributed by atoms with van der Waals surface area (Å²) in [5, 5.41) is 11.0. The summed E-state index contributed by atoms with van der Waals surface area (Å²) in [6.45, 7) is 2.98. The quantitative estimate of drug-likeness (QED) is 0.306. The van der Waals surface area contributed by atoms with E-state index in [0.717, 1.165) is 53.1 Å². The highest BCUT2D eigenvalue weighted by Crippen LogP contribution is 2.29. The van der Waals surface area contributed by atoms with Crippen molar-refractivity contribution in [2.75, 3.05) is 18.4 Å². The Labute approximate surface area is 214 Å². The molecular formula is C29H26N6O2. The van der Waals surface area contributed by atoms with Gasteiger partial charge in [-0.3, -0.25) is 24.8 Å². The van der Waals surface area contributed by atoms with Crippen LogP contribution in [0.25, 0.3) is 22.0 Å². The van der Waals surface area contributed by atoms with Crippen molar-refractivity contribution >= 4 is 22.5 Å². The van der Waals surface area contributed by atoms with E-state index in [1.54, 1.807) is 24.7 Å². The average molecular weight is 491 g/mol. The average Bonchev–Trinajstić information content (AvgIpc) is 3.59. The van der Waals surface area contributed by atoms with Gasteiger partial charge in [0.05, 0.1) is 17.4 Å². The minimum Gasteiger partial charge on any atom is -0.456 e. The maximum absolute atomic E-state index is 13.2. The Bertz CT molecular complexity index is 1540. The summed E-state index contributed by atoms with van der Waals surface area (Å²) < 4.78 is 5.94. The van der Waals surface area contributed by atoms with Crippen LogP contribution in [-0.4, -0.2) is 44.1 Å². The number of nitrogens with zero attached hydrogens (tertiary/aromatic N) is 4. The van der Waals surface area contributed by atoms with E-state index >= 15 is 0 Å². The number of carbonyl (C=O) groups is 1. The van der Waals surface area contributed by atoms with Gasteiger partial charge in [0, 0.05) is 35.6 Å². The Morgan fingerprint density at radius 1 is 0.946 bits per heavy atom. The number of ether oxygens (including phenoxy) is 1. The van der Waals surface area contributed by atoms with Crippen molar-refractivity contribution in [1.82, 2.24) is 25.1 Å². The number of anilines is 1. The van der Waals surface area contributed by atoms with Crippen molar-refractivity contribution in [3.8, 4) is 22.6 Å². The fraction of sp³-hybridized carbons (Fsp3) is 0.172. The van der Waals surface area contributed by atoms with Crippen LogP contribution >= 0.6 is 0 Å². The number of hydrogen-bond donors (Lipinski definition) is 2. The largest absolute Gasteiger partial charge is 0.456 e. The van der Waals surface area contributed by atoms with Gasteiger partial charge in [0.15, 0.2) is 5.69 Å². The molecule has 0 aliphatic carbocycles. The number of nitrogens with one attached hydrogen (secondary N) is 2. The first kappa shape index (κ1) is 22.9. The van der Waals surface area contributed by atoms with Crippen molar-refractivity contribution in [3.05, 3.63) is 96.7 Å². The molecule has 0 radical (unpaired) electrons. The molecule has 0 atom stereocenters. The Kier molecular flexibility index (Phi) is 6.31. The summed E-state index contributed by atoms with van der Waals surface area (Å²) in [5.74, 6) is 1.10. The Hall–Kier alpha value is -4.56. The summed E-state index contributed by atoms with van der Waals surface area (Å²) in [5.41, 5.74) is 4.55. The second kappa shape index (κ2) is 10.2. The fourth-order valence-electron chi connectivity index (χ4n) is 4.63. The lowest BCUT2D eigenvalue weighted by Crippen LogP contribution is -2.19. The number of H-pyrrole nitrogens is 1. The lowest BCUT2D eigenvalue weighted by Gasteiger charge is -2.14. The van der Waals surface area contributed by atoms with Gasteiger partial charge in [-0.25, -0.2) is 0 Å².